The van der Waals surface area contributed by atoms with Gasteiger partial charge in [-0.15, -0.1) is 0 Å². The molecule has 16 heavy (non-hydrogen) atoms. The first-order chi connectivity index (χ1) is 7.52. The predicted molar refractivity (Wildman–Crippen MR) is 58.4 cm³/mol. The molecule has 0 aliphatic carbocycles. The number of aromatic nitrogens is 1. The highest BCUT2D eigenvalue weighted by molar-refractivity contribution is 6.33. The number of carboxylic acids is 1. The van der Waals surface area contributed by atoms with E-state index in [4.69, 9.17) is 16.7 Å². The first kappa shape index (κ1) is 10.8. The summed E-state index contributed by atoms with van der Waals surface area (Å²) in [6, 6.07) is 4.38. The molecule has 0 radical (unpaired) electrons. The Labute approximate surface area is 95.5 Å². The molecule has 1 aromatic carbocycles. The van der Waals surface area contributed by atoms with Crippen molar-refractivity contribution in [2.45, 2.75) is 6.92 Å². The zero-order chi connectivity index (χ0) is 11.9. The normalized spacial score (nSPS) is 10.7. The Balaban J connectivity index is 2.94. The van der Waals surface area contributed by atoms with Crippen LogP contribution in [0, 0.1) is 12.7 Å². The van der Waals surface area contributed by atoms with Crippen LogP contribution >= 0.6 is 11.6 Å². The summed E-state index contributed by atoms with van der Waals surface area (Å²) in [6.45, 7) is 1.58. The molecule has 0 amide bonds. The SMILES string of the molecule is Cc1c(C(=O)O)c(Cl)nc2c(F)cccc12. The highest BCUT2D eigenvalue weighted by atomic mass is 35.5. The van der Waals surface area contributed by atoms with Gasteiger partial charge in [-0.3, -0.25) is 0 Å². The van der Waals surface area contributed by atoms with Crippen molar-refractivity contribution in [1.82, 2.24) is 4.98 Å². The number of pyridine rings is 1. The van der Waals surface area contributed by atoms with Crippen LogP contribution in [0.25, 0.3) is 10.9 Å². The van der Waals surface area contributed by atoms with E-state index >= 15 is 0 Å². The first-order valence-corrected chi connectivity index (χ1v) is 4.87. The topological polar surface area (TPSA) is 50.2 Å². The number of halogens is 2. The minimum absolute atomic E-state index is 0.0835. The van der Waals surface area contributed by atoms with E-state index in [0.29, 0.717) is 10.9 Å². The lowest BCUT2D eigenvalue weighted by molar-refractivity contribution is 0.0696. The molecule has 0 spiro atoms. The minimum Gasteiger partial charge on any atom is -0.478 e. The first-order valence-electron chi connectivity index (χ1n) is 4.50. The van der Waals surface area contributed by atoms with Crippen LogP contribution in [-0.4, -0.2) is 16.1 Å². The molecule has 0 saturated carbocycles. The van der Waals surface area contributed by atoms with Crippen LogP contribution in [0.5, 0.6) is 0 Å². The molecule has 0 saturated heterocycles. The summed E-state index contributed by atoms with van der Waals surface area (Å²) in [7, 11) is 0. The maximum Gasteiger partial charge on any atom is 0.339 e. The highest BCUT2D eigenvalue weighted by Gasteiger charge is 2.17. The molecule has 2 rings (SSSR count). The summed E-state index contributed by atoms with van der Waals surface area (Å²) in [4.78, 5) is 14.7. The van der Waals surface area contributed by atoms with Gasteiger partial charge in [-0.1, -0.05) is 23.7 Å². The van der Waals surface area contributed by atoms with Crippen LogP contribution < -0.4 is 0 Å². The molecule has 3 nitrogen and oxygen atoms in total. The molecule has 1 N–H and O–H groups in total. The van der Waals surface area contributed by atoms with Crippen LogP contribution in [0.4, 0.5) is 4.39 Å². The van der Waals surface area contributed by atoms with Gasteiger partial charge in [0.15, 0.2) is 0 Å². The molecule has 0 aliphatic heterocycles. The number of aryl methyl sites for hydroxylation is 1. The zero-order valence-electron chi connectivity index (χ0n) is 8.29. The third-order valence-corrected chi connectivity index (χ3v) is 2.67. The Morgan fingerprint density at radius 3 is 2.81 bits per heavy atom. The van der Waals surface area contributed by atoms with Crippen LogP contribution in [0.15, 0.2) is 18.2 Å². The van der Waals surface area contributed by atoms with Gasteiger partial charge in [0.25, 0.3) is 0 Å². The number of nitrogens with zero attached hydrogens (tertiary/aromatic N) is 1. The maximum atomic E-state index is 13.4. The fourth-order valence-electron chi connectivity index (χ4n) is 1.62. The minimum atomic E-state index is -1.17. The number of fused-ring (bicyclic) bond motifs is 1. The summed E-state index contributed by atoms with van der Waals surface area (Å²) < 4.78 is 13.4. The number of carbonyl (C=O) groups is 1. The number of aromatic carboxylic acids is 1. The number of carboxylic acid groups (broad SMARTS) is 1. The fourth-order valence-corrected chi connectivity index (χ4v) is 1.93. The van der Waals surface area contributed by atoms with E-state index in [-0.39, 0.29) is 16.2 Å². The van der Waals surface area contributed by atoms with E-state index in [0.717, 1.165) is 0 Å². The van der Waals surface area contributed by atoms with Gasteiger partial charge >= 0.3 is 5.97 Å². The van der Waals surface area contributed by atoms with E-state index in [9.17, 15) is 9.18 Å². The molecule has 0 bridgehead atoms. The molecular weight excluding hydrogens is 233 g/mol. The lowest BCUT2D eigenvalue weighted by Crippen LogP contribution is -2.04. The van der Waals surface area contributed by atoms with E-state index in [1.165, 1.54) is 12.1 Å². The lowest BCUT2D eigenvalue weighted by Gasteiger charge is -2.07. The Hall–Kier alpha value is -1.68. The van der Waals surface area contributed by atoms with Gasteiger partial charge in [-0.2, -0.15) is 0 Å². The fraction of sp³-hybridized carbons (Fsp3) is 0.0909. The largest absolute Gasteiger partial charge is 0.478 e. The Morgan fingerprint density at radius 2 is 2.19 bits per heavy atom. The van der Waals surface area contributed by atoms with Gasteiger partial charge in [-0.25, -0.2) is 14.2 Å². The van der Waals surface area contributed by atoms with E-state index in [2.05, 4.69) is 4.98 Å². The standard InChI is InChI=1S/C11H7ClFNO2/c1-5-6-3-2-4-7(13)9(6)14-10(12)8(5)11(15)16/h2-4H,1H3,(H,15,16). The van der Waals surface area contributed by atoms with Crippen LogP contribution in [0.2, 0.25) is 5.15 Å². The van der Waals surface area contributed by atoms with Gasteiger partial charge in [0.2, 0.25) is 0 Å². The number of para-hydroxylation sites is 1. The Morgan fingerprint density at radius 1 is 1.50 bits per heavy atom. The summed E-state index contributed by atoms with van der Waals surface area (Å²) in [5, 5.41) is 9.23. The lowest BCUT2D eigenvalue weighted by atomic mass is 10.1. The molecule has 0 fully saturated rings. The summed E-state index contributed by atoms with van der Waals surface area (Å²) in [5.74, 6) is -1.68. The second-order valence-electron chi connectivity index (χ2n) is 3.34. The second-order valence-corrected chi connectivity index (χ2v) is 3.70. The van der Waals surface area contributed by atoms with Crippen LogP contribution in [-0.2, 0) is 0 Å². The van der Waals surface area contributed by atoms with Crippen molar-refractivity contribution in [2.24, 2.45) is 0 Å². The third kappa shape index (κ3) is 1.51. The highest BCUT2D eigenvalue weighted by Crippen LogP contribution is 2.27. The van der Waals surface area contributed by atoms with E-state index in [1.807, 2.05) is 0 Å². The molecule has 5 heteroatoms. The van der Waals surface area contributed by atoms with Crippen molar-refractivity contribution in [2.75, 3.05) is 0 Å². The molecule has 2 aromatic rings. The molecule has 82 valence electrons. The third-order valence-electron chi connectivity index (χ3n) is 2.40. The van der Waals surface area contributed by atoms with Gasteiger partial charge in [0, 0.05) is 5.39 Å². The van der Waals surface area contributed by atoms with Gasteiger partial charge < -0.3 is 5.11 Å². The van der Waals surface area contributed by atoms with Crippen molar-refractivity contribution < 1.29 is 14.3 Å². The zero-order valence-corrected chi connectivity index (χ0v) is 9.05. The molecule has 1 heterocycles. The Bertz CT molecular complexity index is 598. The van der Waals surface area contributed by atoms with Crippen molar-refractivity contribution in [3.8, 4) is 0 Å². The monoisotopic (exact) mass is 239 g/mol. The van der Waals surface area contributed by atoms with Crippen molar-refractivity contribution in [1.29, 1.82) is 0 Å². The molecular formula is C11H7ClFNO2. The average Bonchev–Trinajstić information content (AvgIpc) is 2.19. The number of hydrogen-bond acceptors (Lipinski definition) is 2. The van der Waals surface area contributed by atoms with Crippen molar-refractivity contribution in [3.05, 3.63) is 40.3 Å². The van der Waals surface area contributed by atoms with E-state index < -0.39 is 11.8 Å². The van der Waals surface area contributed by atoms with Gasteiger partial charge in [0.05, 0.1) is 0 Å². The number of hydrogen-bond donors (Lipinski definition) is 1. The van der Waals surface area contributed by atoms with Crippen molar-refractivity contribution in [3.63, 3.8) is 0 Å². The summed E-state index contributed by atoms with van der Waals surface area (Å²) >= 11 is 5.72. The summed E-state index contributed by atoms with van der Waals surface area (Å²) in [5.41, 5.74) is 0.428. The van der Waals surface area contributed by atoms with Crippen LogP contribution in [0.3, 0.4) is 0 Å². The number of rotatable bonds is 1. The second kappa shape index (κ2) is 3.72. The van der Waals surface area contributed by atoms with Gasteiger partial charge in [0.1, 0.15) is 22.1 Å². The molecule has 1 aromatic heterocycles. The number of benzene rings is 1. The quantitative estimate of drug-likeness (QED) is 0.778. The van der Waals surface area contributed by atoms with Crippen molar-refractivity contribution >= 4 is 28.5 Å². The van der Waals surface area contributed by atoms with E-state index in [1.54, 1.807) is 13.0 Å². The predicted octanol–water partition coefficient (Wildman–Crippen LogP) is 3.03. The smallest absolute Gasteiger partial charge is 0.339 e. The molecule has 0 aliphatic rings. The average molecular weight is 240 g/mol. The summed E-state index contributed by atoms with van der Waals surface area (Å²) in [6.07, 6.45) is 0. The molecule has 0 unspecified atom stereocenters. The molecule has 0 atom stereocenters. The maximum absolute atomic E-state index is 13.4. The van der Waals surface area contributed by atoms with Crippen LogP contribution in [0.1, 0.15) is 15.9 Å². The Kier molecular flexibility index (Phi) is 2.52. The van der Waals surface area contributed by atoms with Gasteiger partial charge in [-0.05, 0) is 18.6 Å².